The lowest BCUT2D eigenvalue weighted by Crippen LogP contribution is -2.33. The maximum absolute atomic E-state index is 11.4. The minimum atomic E-state index is -0.130. The quantitative estimate of drug-likeness (QED) is 0.692. The Hall–Kier alpha value is -2.14. The monoisotopic (exact) mass is 399 g/mol. The van der Waals surface area contributed by atoms with Gasteiger partial charge in [-0.2, -0.15) is 0 Å². The average Bonchev–Trinajstić information content (AvgIpc) is 3.08. The minimum absolute atomic E-state index is 0.00171. The van der Waals surface area contributed by atoms with Crippen molar-refractivity contribution >= 4 is 17.9 Å². The Morgan fingerprint density at radius 3 is 2.00 bits per heavy atom. The number of carbonyl (C=O) groups is 1. The van der Waals surface area contributed by atoms with Gasteiger partial charge in [0.1, 0.15) is 5.75 Å². The van der Waals surface area contributed by atoms with Gasteiger partial charge in [0.2, 0.25) is 0 Å². The normalized spacial score (nSPS) is 22.3. The Kier molecular flexibility index (Phi) is 6.55. The molecular weight excluding hydrogens is 370 g/mol. The number of phenols is 1. The summed E-state index contributed by atoms with van der Waals surface area (Å²) in [5, 5.41) is 9.18. The van der Waals surface area contributed by atoms with Crippen molar-refractivity contribution in [3.05, 3.63) is 48.5 Å². The first-order valence-electron chi connectivity index (χ1n) is 9.78. The molecule has 5 heteroatoms. The molecule has 1 aliphatic heterocycles. The highest BCUT2D eigenvalue weighted by Gasteiger charge is 2.54. The number of fused-ring (bicyclic) bond motifs is 1. The van der Waals surface area contributed by atoms with Crippen LogP contribution < -0.4 is 0 Å². The van der Waals surface area contributed by atoms with Crippen LogP contribution in [0, 0.1) is 17.8 Å². The van der Waals surface area contributed by atoms with Crippen molar-refractivity contribution in [3.63, 3.8) is 0 Å². The summed E-state index contributed by atoms with van der Waals surface area (Å²) in [7, 11) is 0. The second kappa shape index (κ2) is 8.91. The highest BCUT2D eigenvalue weighted by atomic mass is 32.2. The Labute approximate surface area is 171 Å². The molecule has 4 rings (SSSR count). The number of phenolic OH excluding ortho intramolecular Hbond substituents is 1. The predicted molar refractivity (Wildman–Crippen MR) is 115 cm³/mol. The fourth-order valence-electron chi connectivity index (χ4n) is 3.69. The second-order valence-electron chi connectivity index (χ2n) is 7.80. The molecule has 150 valence electrons. The number of amides is 1. The van der Waals surface area contributed by atoms with Crippen LogP contribution in [-0.2, 0) is 4.74 Å². The number of nitrogens with zero attached hydrogens (tertiary/aromatic N) is 1. The van der Waals surface area contributed by atoms with Crippen molar-refractivity contribution in [2.75, 3.05) is 19.3 Å². The highest BCUT2D eigenvalue weighted by molar-refractivity contribution is 7.98. The summed E-state index contributed by atoms with van der Waals surface area (Å²) in [4.78, 5) is 14.5. The molecule has 28 heavy (non-hydrogen) atoms. The lowest BCUT2D eigenvalue weighted by molar-refractivity contribution is 0.0793. The summed E-state index contributed by atoms with van der Waals surface area (Å²) in [5.74, 6) is 2.67. The van der Waals surface area contributed by atoms with Crippen molar-refractivity contribution in [2.24, 2.45) is 17.8 Å². The van der Waals surface area contributed by atoms with E-state index in [1.807, 2.05) is 30.9 Å². The molecule has 1 N–H and O–H groups in total. The number of piperidine rings is 1. The molecule has 0 aromatic heterocycles. The van der Waals surface area contributed by atoms with Crippen LogP contribution in [0.5, 0.6) is 5.75 Å². The number of thioether (sulfide) groups is 1. The van der Waals surface area contributed by atoms with Crippen LogP contribution in [-0.4, -0.2) is 41.5 Å². The average molecular weight is 400 g/mol. The van der Waals surface area contributed by atoms with Crippen molar-refractivity contribution in [2.45, 2.75) is 31.8 Å². The lowest BCUT2D eigenvalue weighted by atomic mass is 10.1. The molecule has 2 aliphatic rings. The van der Waals surface area contributed by atoms with Gasteiger partial charge in [-0.3, -0.25) is 0 Å². The topological polar surface area (TPSA) is 49.8 Å². The summed E-state index contributed by atoms with van der Waals surface area (Å²) >= 11 is 1.74. The maximum atomic E-state index is 11.4. The van der Waals surface area contributed by atoms with Crippen LogP contribution in [0.4, 0.5) is 4.79 Å². The third-order valence-corrected chi connectivity index (χ3v) is 6.25. The molecule has 1 saturated heterocycles. The third-order valence-electron chi connectivity index (χ3n) is 5.51. The molecule has 2 fully saturated rings. The van der Waals surface area contributed by atoms with E-state index in [1.54, 1.807) is 23.9 Å². The summed E-state index contributed by atoms with van der Waals surface area (Å²) in [6.07, 6.45) is 1.94. The molecular formula is C23H29NO3S. The van der Waals surface area contributed by atoms with E-state index in [0.29, 0.717) is 5.75 Å². The lowest BCUT2D eigenvalue weighted by Gasteiger charge is -2.20. The zero-order valence-electron chi connectivity index (χ0n) is 17.0. The van der Waals surface area contributed by atoms with Gasteiger partial charge in [0.05, 0.1) is 6.10 Å². The van der Waals surface area contributed by atoms with Gasteiger partial charge in [0.15, 0.2) is 0 Å². The Morgan fingerprint density at radius 1 is 1.04 bits per heavy atom. The van der Waals surface area contributed by atoms with Gasteiger partial charge in [-0.15, -0.1) is 11.8 Å². The SMILES string of the molecule is CC(C)OC(=O)N1CC2C(C)C2C1.CSc1ccc(-c2ccc(O)cc2)cc1. The summed E-state index contributed by atoms with van der Waals surface area (Å²) < 4.78 is 5.13. The number of hydrogen-bond donors (Lipinski definition) is 1. The van der Waals surface area contributed by atoms with E-state index >= 15 is 0 Å². The van der Waals surface area contributed by atoms with Crippen LogP contribution >= 0.6 is 11.8 Å². The van der Waals surface area contributed by atoms with Crippen molar-refractivity contribution in [3.8, 4) is 16.9 Å². The van der Waals surface area contributed by atoms with Gasteiger partial charge in [0.25, 0.3) is 0 Å². The van der Waals surface area contributed by atoms with E-state index in [2.05, 4.69) is 37.4 Å². The number of carbonyl (C=O) groups excluding carboxylic acids is 1. The van der Waals surface area contributed by atoms with E-state index in [9.17, 15) is 9.90 Å². The fraction of sp³-hybridized carbons (Fsp3) is 0.435. The van der Waals surface area contributed by atoms with E-state index in [-0.39, 0.29) is 12.2 Å². The van der Waals surface area contributed by atoms with Crippen LogP contribution in [0.1, 0.15) is 20.8 Å². The van der Waals surface area contributed by atoms with Crippen LogP contribution in [0.25, 0.3) is 11.1 Å². The number of aromatic hydroxyl groups is 1. The zero-order valence-corrected chi connectivity index (χ0v) is 17.8. The molecule has 2 aromatic carbocycles. The van der Waals surface area contributed by atoms with Gasteiger partial charge >= 0.3 is 6.09 Å². The summed E-state index contributed by atoms with van der Waals surface area (Å²) in [6, 6.07) is 15.7. The van der Waals surface area contributed by atoms with Gasteiger partial charge in [-0.05, 0) is 73.2 Å². The van der Waals surface area contributed by atoms with Gasteiger partial charge in [-0.25, -0.2) is 4.79 Å². The highest BCUT2D eigenvalue weighted by Crippen LogP contribution is 2.51. The number of ether oxygens (including phenoxy) is 1. The van der Waals surface area contributed by atoms with Crippen LogP contribution in [0.2, 0.25) is 0 Å². The second-order valence-corrected chi connectivity index (χ2v) is 8.68. The van der Waals surface area contributed by atoms with Crippen molar-refractivity contribution < 1.29 is 14.6 Å². The summed E-state index contributed by atoms with van der Waals surface area (Å²) in [6.45, 7) is 7.86. The first-order valence-corrected chi connectivity index (χ1v) is 11.0. The molecule has 2 atom stereocenters. The standard InChI is InChI=1S/C13H12OS.C10H17NO2/c1-15-13-8-4-11(5-9-13)10-2-6-12(14)7-3-10;1-6(2)13-10(12)11-4-8-7(3)9(8)5-11/h2-9,14H,1H3;6-9H,4-5H2,1-3H3. The third kappa shape index (κ3) is 5.02. The molecule has 0 spiro atoms. The van der Waals surface area contributed by atoms with Crippen molar-refractivity contribution in [1.82, 2.24) is 4.90 Å². The molecule has 0 bridgehead atoms. The number of likely N-dealkylation sites (tertiary alicyclic amines) is 1. The van der Waals surface area contributed by atoms with Gasteiger partial charge in [-0.1, -0.05) is 31.2 Å². The molecule has 1 heterocycles. The number of benzene rings is 2. The van der Waals surface area contributed by atoms with Gasteiger partial charge in [0, 0.05) is 18.0 Å². The van der Waals surface area contributed by atoms with E-state index in [0.717, 1.165) is 36.4 Å². The largest absolute Gasteiger partial charge is 0.508 e. The van der Waals surface area contributed by atoms with Gasteiger partial charge < -0.3 is 14.7 Å². The van der Waals surface area contributed by atoms with Crippen LogP contribution in [0.3, 0.4) is 0 Å². The maximum Gasteiger partial charge on any atom is 0.410 e. The zero-order chi connectivity index (χ0) is 20.3. The summed E-state index contributed by atoms with van der Waals surface area (Å²) in [5.41, 5.74) is 2.30. The molecule has 2 aromatic rings. The van der Waals surface area contributed by atoms with Crippen LogP contribution in [0.15, 0.2) is 53.4 Å². The van der Waals surface area contributed by atoms with E-state index < -0.39 is 0 Å². The van der Waals surface area contributed by atoms with E-state index in [1.165, 1.54) is 10.5 Å². The molecule has 4 nitrogen and oxygen atoms in total. The predicted octanol–water partition coefficient (Wildman–Crippen LogP) is 5.51. The number of hydrogen-bond acceptors (Lipinski definition) is 4. The Morgan fingerprint density at radius 2 is 1.54 bits per heavy atom. The van der Waals surface area contributed by atoms with Crippen molar-refractivity contribution in [1.29, 1.82) is 0 Å². The molecule has 1 aliphatic carbocycles. The molecule has 1 amide bonds. The molecule has 0 radical (unpaired) electrons. The first kappa shape index (κ1) is 20.6. The minimum Gasteiger partial charge on any atom is -0.508 e. The Bertz CT molecular complexity index is 776. The smallest absolute Gasteiger partial charge is 0.410 e. The Balaban J connectivity index is 0.000000162. The molecule has 2 unspecified atom stereocenters. The first-order chi connectivity index (χ1) is 13.4. The van der Waals surface area contributed by atoms with E-state index in [4.69, 9.17) is 4.74 Å². The molecule has 1 saturated carbocycles. The number of rotatable bonds is 3. The fourth-order valence-corrected chi connectivity index (χ4v) is 4.09.